The van der Waals surface area contributed by atoms with Gasteiger partial charge in [0.05, 0.1) is 30.9 Å². The van der Waals surface area contributed by atoms with Crippen LogP contribution in [0.1, 0.15) is 5.56 Å². The quantitative estimate of drug-likeness (QED) is 0.247. The molecule has 0 aliphatic heterocycles. The number of rotatable bonds is 7. The summed E-state index contributed by atoms with van der Waals surface area (Å²) in [6.45, 7) is -0.0117. The molecule has 0 bridgehead atoms. The van der Waals surface area contributed by atoms with E-state index < -0.39 is 22.3 Å². The molecule has 0 saturated heterocycles. The second-order valence-corrected chi connectivity index (χ2v) is 6.24. The number of hydrogen-bond acceptors (Lipinski definition) is 7. The monoisotopic (exact) mass is 470 g/mol. The van der Waals surface area contributed by atoms with Gasteiger partial charge in [0.15, 0.2) is 0 Å². The number of carbonyl (C=O) groups excluding carboxylic acids is 1. The zero-order chi connectivity index (χ0) is 19.1. The van der Waals surface area contributed by atoms with Crippen LogP contribution in [0.15, 0.2) is 41.5 Å². The van der Waals surface area contributed by atoms with Gasteiger partial charge < -0.3 is 15.2 Å². The number of carbonyl (C=O) groups is 1. The molecule has 0 saturated carbocycles. The van der Waals surface area contributed by atoms with Crippen LogP contribution in [0.2, 0.25) is 0 Å². The molecule has 0 heterocycles. The second kappa shape index (κ2) is 8.99. The molecule has 2 aromatic rings. The third kappa shape index (κ3) is 5.31. The molecule has 0 spiro atoms. The Morgan fingerprint density at radius 2 is 2.08 bits per heavy atom. The fourth-order valence-electron chi connectivity index (χ4n) is 1.93. The van der Waals surface area contributed by atoms with Gasteiger partial charge in [0.1, 0.15) is 5.75 Å². The first-order chi connectivity index (χ1) is 12.4. The van der Waals surface area contributed by atoms with Gasteiger partial charge in [0.25, 0.3) is 5.91 Å². The Kier molecular flexibility index (Phi) is 6.72. The van der Waals surface area contributed by atoms with E-state index in [0.29, 0.717) is 0 Å². The number of nitrogens with one attached hydrogen (secondary N) is 2. The number of ether oxygens (including phenoxy) is 1. The molecule has 0 radical (unpaired) electrons. The molecule has 0 unspecified atom stereocenters. The topological polar surface area (TPSA) is 126 Å². The van der Waals surface area contributed by atoms with Gasteiger partial charge in [-0.25, -0.2) is 5.43 Å². The van der Waals surface area contributed by atoms with Gasteiger partial charge >= 0.3 is 5.69 Å². The number of amides is 1. The van der Waals surface area contributed by atoms with Crippen molar-refractivity contribution in [2.75, 3.05) is 19.0 Å². The van der Waals surface area contributed by atoms with Crippen molar-refractivity contribution in [3.05, 3.63) is 55.6 Å². The minimum atomic E-state index is -0.737. The predicted molar refractivity (Wildman–Crippen MR) is 105 cm³/mol. The fourth-order valence-corrected chi connectivity index (χ4v) is 2.29. The summed E-state index contributed by atoms with van der Waals surface area (Å²) in [5.41, 5.74) is 2.58. The molecule has 136 valence electrons. The first kappa shape index (κ1) is 19.4. The standard InChI is InChI=1S/C16H15IN4O5/c1-26-13-6-10(16(23)14(7-13)21(24)25)8-19-20-15(22)9-18-12-4-2-11(17)3-5-12/h2-8,18,23H,9H2,1H3,(H,20,22)/b19-8-. The van der Waals surface area contributed by atoms with Crippen molar-refractivity contribution in [2.45, 2.75) is 0 Å². The molecule has 0 aliphatic carbocycles. The highest BCUT2D eigenvalue weighted by molar-refractivity contribution is 14.1. The maximum Gasteiger partial charge on any atom is 0.315 e. The third-order valence-corrected chi connectivity index (χ3v) is 3.93. The zero-order valence-electron chi connectivity index (χ0n) is 13.6. The van der Waals surface area contributed by atoms with Gasteiger partial charge in [0, 0.05) is 14.8 Å². The molecule has 2 aromatic carbocycles. The highest BCUT2D eigenvalue weighted by atomic mass is 127. The number of nitro groups is 1. The van der Waals surface area contributed by atoms with Gasteiger partial charge in [-0.2, -0.15) is 5.10 Å². The fraction of sp³-hybridized carbons (Fsp3) is 0.125. The van der Waals surface area contributed by atoms with E-state index in [1.807, 2.05) is 24.3 Å². The van der Waals surface area contributed by atoms with Gasteiger partial charge in [0.2, 0.25) is 5.75 Å². The van der Waals surface area contributed by atoms with Crippen LogP contribution < -0.4 is 15.5 Å². The number of aromatic hydroxyl groups is 1. The number of hydrogen-bond donors (Lipinski definition) is 3. The lowest BCUT2D eigenvalue weighted by Crippen LogP contribution is -2.25. The molecule has 0 fully saturated rings. The average molecular weight is 470 g/mol. The van der Waals surface area contributed by atoms with Crippen molar-refractivity contribution in [3.8, 4) is 11.5 Å². The summed E-state index contributed by atoms with van der Waals surface area (Å²) in [5.74, 6) is -0.801. The number of nitro benzene ring substituents is 1. The number of halogens is 1. The van der Waals surface area contributed by atoms with E-state index in [0.717, 1.165) is 21.5 Å². The summed E-state index contributed by atoms with van der Waals surface area (Å²) in [6.07, 6.45) is 1.10. The third-order valence-electron chi connectivity index (χ3n) is 3.22. The van der Waals surface area contributed by atoms with Crippen molar-refractivity contribution >= 4 is 46.1 Å². The van der Waals surface area contributed by atoms with Crippen LogP contribution in [0.25, 0.3) is 0 Å². The lowest BCUT2D eigenvalue weighted by atomic mass is 10.1. The number of phenolic OH excluding ortho intramolecular Hbond substituents is 1. The Morgan fingerprint density at radius 3 is 2.69 bits per heavy atom. The first-order valence-corrected chi connectivity index (χ1v) is 8.35. The van der Waals surface area contributed by atoms with E-state index in [4.69, 9.17) is 4.74 Å². The summed E-state index contributed by atoms with van der Waals surface area (Å²) in [5, 5.41) is 27.5. The van der Waals surface area contributed by atoms with Crippen LogP contribution in [-0.2, 0) is 4.79 Å². The molecule has 9 nitrogen and oxygen atoms in total. The summed E-state index contributed by atoms with van der Waals surface area (Å²) >= 11 is 2.18. The van der Waals surface area contributed by atoms with Crippen LogP contribution in [0, 0.1) is 13.7 Å². The minimum absolute atomic E-state index is 0.0117. The summed E-state index contributed by atoms with van der Waals surface area (Å²) < 4.78 is 6.03. The Labute approximate surface area is 162 Å². The normalized spacial score (nSPS) is 10.5. The van der Waals surface area contributed by atoms with E-state index in [9.17, 15) is 20.0 Å². The van der Waals surface area contributed by atoms with Crippen molar-refractivity contribution in [1.82, 2.24) is 5.43 Å². The van der Waals surface area contributed by atoms with Gasteiger partial charge in [-0.05, 0) is 52.9 Å². The van der Waals surface area contributed by atoms with Crippen molar-refractivity contribution in [3.63, 3.8) is 0 Å². The Bertz CT molecular complexity index is 839. The number of hydrazone groups is 1. The SMILES string of the molecule is COc1cc(/C=N\NC(=O)CNc2ccc(I)cc2)c(O)c([N+](=O)[O-])c1. The molecule has 0 aliphatic rings. The van der Waals surface area contributed by atoms with Crippen molar-refractivity contribution in [2.24, 2.45) is 5.10 Å². The van der Waals surface area contributed by atoms with E-state index in [1.165, 1.54) is 13.2 Å². The smallest absolute Gasteiger partial charge is 0.315 e. The number of anilines is 1. The summed E-state index contributed by atoms with van der Waals surface area (Å²) in [6, 6.07) is 9.93. The molecular formula is C16H15IN4O5. The Hall–Kier alpha value is -2.89. The Morgan fingerprint density at radius 1 is 1.38 bits per heavy atom. The molecule has 0 atom stereocenters. The van der Waals surface area contributed by atoms with Crippen LogP contribution in [0.3, 0.4) is 0 Å². The van der Waals surface area contributed by atoms with Crippen LogP contribution >= 0.6 is 22.6 Å². The highest BCUT2D eigenvalue weighted by Crippen LogP contribution is 2.33. The summed E-state index contributed by atoms with van der Waals surface area (Å²) in [7, 11) is 1.34. The van der Waals surface area contributed by atoms with Gasteiger partial charge in [-0.1, -0.05) is 0 Å². The van der Waals surface area contributed by atoms with E-state index in [1.54, 1.807) is 0 Å². The lowest BCUT2D eigenvalue weighted by molar-refractivity contribution is -0.385. The predicted octanol–water partition coefficient (Wildman–Crippen LogP) is 2.48. The maximum absolute atomic E-state index is 11.8. The molecular weight excluding hydrogens is 455 g/mol. The Balaban J connectivity index is 1.99. The minimum Gasteiger partial charge on any atom is -0.502 e. The molecule has 2 rings (SSSR count). The molecule has 0 aromatic heterocycles. The number of benzene rings is 2. The highest BCUT2D eigenvalue weighted by Gasteiger charge is 2.18. The van der Waals surface area contributed by atoms with Gasteiger partial charge in [-0.3, -0.25) is 14.9 Å². The van der Waals surface area contributed by atoms with E-state index >= 15 is 0 Å². The average Bonchev–Trinajstić information content (AvgIpc) is 2.62. The van der Waals surface area contributed by atoms with Gasteiger partial charge in [-0.15, -0.1) is 0 Å². The molecule has 26 heavy (non-hydrogen) atoms. The van der Waals surface area contributed by atoms with Crippen molar-refractivity contribution < 1.29 is 19.6 Å². The first-order valence-electron chi connectivity index (χ1n) is 7.27. The molecule has 3 N–H and O–H groups in total. The number of phenols is 1. The van der Waals surface area contributed by atoms with Crippen LogP contribution in [0.4, 0.5) is 11.4 Å². The van der Waals surface area contributed by atoms with E-state index in [2.05, 4.69) is 38.4 Å². The second-order valence-electron chi connectivity index (χ2n) is 5.00. The molecule has 10 heteroatoms. The molecule has 1 amide bonds. The number of methoxy groups -OCH3 is 1. The number of nitrogens with zero attached hydrogens (tertiary/aromatic N) is 2. The zero-order valence-corrected chi connectivity index (χ0v) is 15.8. The maximum atomic E-state index is 11.8. The largest absolute Gasteiger partial charge is 0.502 e. The lowest BCUT2D eigenvalue weighted by Gasteiger charge is -2.06. The van der Waals surface area contributed by atoms with E-state index in [-0.39, 0.29) is 17.9 Å². The van der Waals surface area contributed by atoms with Crippen LogP contribution in [-0.4, -0.2) is 35.8 Å². The van der Waals surface area contributed by atoms with Crippen LogP contribution in [0.5, 0.6) is 11.5 Å². The van der Waals surface area contributed by atoms with Crippen molar-refractivity contribution in [1.29, 1.82) is 0 Å². The summed E-state index contributed by atoms with van der Waals surface area (Å²) in [4.78, 5) is 22.0.